The molecule has 0 fully saturated rings. The predicted molar refractivity (Wildman–Crippen MR) is 81.2 cm³/mol. The predicted octanol–water partition coefficient (Wildman–Crippen LogP) is 4.61. The molecule has 0 heterocycles. The number of carbonyl (C=O) groups is 1. The Labute approximate surface area is 134 Å². The van der Waals surface area contributed by atoms with Gasteiger partial charge in [0.25, 0.3) is 0 Å². The van der Waals surface area contributed by atoms with E-state index < -0.39 is 11.8 Å². The van der Waals surface area contributed by atoms with Gasteiger partial charge < -0.3 is 9.47 Å². The molecule has 0 radical (unpaired) electrons. The highest BCUT2D eigenvalue weighted by Crippen LogP contribution is 2.27. The summed E-state index contributed by atoms with van der Waals surface area (Å²) < 4.78 is 23.8. The molecule has 0 atom stereocenters. The highest BCUT2D eigenvalue weighted by molar-refractivity contribution is 9.10. The van der Waals surface area contributed by atoms with Gasteiger partial charge in [0.15, 0.2) is 0 Å². The second kappa shape index (κ2) is 6.91. The smallest absolute Gasteiger partial charge is 0.337 e. The van der Waals surface area contributed by atoms with Crippen LogP contribution in [0.25, 0.3) is 0 Å². The van der Waals surface area contributed by atoms with E-state index in [2.05, 4.69) is 20.7 Å². The number of rotatable bonds is 4. The highest BCUT2D eigenvalue weighted by atomic mass is 79.9. The van der Waals surface area contributed by atoms with Gasteiger partial charge in [-0.05, 0) is 30.3 Å². The van der Waals surface area contributed by atoms with E-state index in [4.69, 9.17) is 16.3 Å². The maximum atomic E-state index is 12.9. The Morgan fingerprint density at radius 2 is 2.05 bits per heavy atom. The average molecular weight is 374 g/mol. The normalized spacial score (nSPS) is 10.3. The van der Waals surface area contributed by atoms with Crippen LogP contribution in [0.4, 0.5) is 4.39 Å². The Morgan fingerprint density at radius 3 is 2.67 bits per heavy atom. The monoisotopic (exact) mass is 372 g/mol. The fourth-order valence-electron chi connectivity index (χ4n) is 1.66. The Bertz CT molecular complexity index is 676. The minimum atomic E-state index is -0.420. The highest BCUT2D eigenvalue weighted by Gasteiger charge is 2.10. The van der Waals surface area contributed by atoms with Crippen molar-refractivity contribution in [3.63, 3.8) is 0 Å². The van der Waals surface area contributed by atoms with Crippen molar-refractivity contribution in [3.8, 4) is 5.75 Å². The van der Waals surface area contributed by atoms with Gasteiger partial charge in [-0.25, -0.2) is 9.18 Å². The molecule has 0 bridgehead atoms. The van der Waals surface area contributed by atoms with E-state index in [0.717, 1.165) is 5.56 Å². The molecule has 0 saturated carbocycles. The molecule has 0 aromatic heterocycles. The standard InChI is InChI=1S/C15H11BrClFO3/c1-20-15(19)9-2-3-10(12(16)6-9)8-21-14-5-4-11(18)7-13(14)17/h2-7H,8H2,1H3. The van der Waals surface area contributed by atoms with Crippen LogP contribution in [-0.4, -0.2) is 13.1 Å². The third-order valence-corrected chi connectivity index (χ3v) is 3.78. The molecule has 0 saturated heterocycles. The number of hydrogen-bond donors (Lipinski definition) is 0. The molecular weight excluding hydrogens is 363 g/mol. The average Bonchev–Trinajstić information content (AvgIpc) is 2.46. The molecule has 0 spiro atoms. The number of hydrogen-bond acceptors (Lipinski definition) is 3. The van der Waals surface area contributed by atoms with E-state index in [-0.39, 0.29) is 11.6 Å². The zero-order valence-electron chi connectivity index (χ0n) is 11.0. The second-order valence-corrected chi connectivity index (χ2v) is 5.42. The summed E-state index contributed by atoms with van der Waals surface area (Å²) in [6.45, 7) is 0.230. The van der Waals surface area contributed by atoms with Crippen LogP contribution in [0.15, 0.2) is 40.9 Å². The third-order valence-electron chi connectivity index (χ3n) is 2.75. The second-order valence-electron chi connectivity index (χ2n) is 4.16. The van der Waals surface area contributed by atoms with Crippen molar-refractivity contribution in [2.45, 2.75) is 6.61 Å². The molecule has 0 aliphatic heterocycles. The van der Waals surface area contributed by atoms with Crippen molar-refractivity contribution in [1.82, 2.24) is 0 Å². The number of halogens is 3. The van der Waals surface area contributed by atoms with Crippen LogP contribution in [0.1, 0.15) is 15.9 Å². The van der Waals surface area contributed by atoms with Gasteiger partial charge in [0.2, 0.25) is 0 Å². The Balaban J connectivity index is 2.11. The molecule has 0 aliphatic rings. The summed E-state index contributed by atoms with van der Waals surface area (Å²) in [4.78, 5) is 11.4. The summed E-state index contributed by atoms with van der Waals surface area (Å²) in [5.74, 6) is -0.442. The zero-order valence-corrected chi connectivity index (χ0v) is 13.4. The molecule has 21 heavy (non-hydrogen) atoms. The van der Waals surface area contributed by atoms with E-state index in [0.29, 0.717) is 15.8 Å². The van der Waals surface area contributed by atoms with Crippen molar-refractivity contribution >= 4 is 33.5 Å². The molecule has 2 rings (SSSR count). The first-order valence-corrected chi connectivity index (χ1v) is 7.13. The Kier molecular flexibility index (Phi) is 5.20. The topological polar surface area (TPSA) is 35.5 Å². The summed E-state index contributed by atoms with van der Waals surface area (Å²) in [7, 11) is 1.32. The van der Waals surface area contributed by atoms with Crippen molar-refractivity contribution in [3.05, 3.63) is 62.8 Å². The lowest BCUT2D eigenvalue weighted by atomic mass is 10.1. The Hall–Kier alpha value is -1.59. The number of methoxy groups -OCH3 is 1. The molecule has 0 N–H and O–H groups in total. The van der Waals surface area contributed by atoms with Crippen molar-refractivity contribution < 1.29 is 18.7 Å². The van der Waals surface area contributed by atoms with Crippen LogP contribution in [0.5, 0.6) is 5.75 Å². The molecule has 3 nitrogen and oxygen atoms in total. The molecule has 2 aromatic rings. The fraction of sp³-hybridized carbons (Fsp3) is 0.133. The first kappa shape index (κ1) is 15.8. The lowest BCUT2D eigenvalue weighted by molar-refractivity contribution is 0.0600. The maximum absolute atomic E-state index is 12.9. The molecule has 6 heteroatoms. The van der Waals surface area contributed by atoms with Crippen molar-refractivity contribution in [1.29, 1.82) is 0 Å². The SMILES string of the molecule is COC(=O)c1ccc(COc2ccc(F)cc2Cl)c(Br)c1. The van der Waals surface area contributed by atoms with Crippen LogP contribution in [0, 0.1) is 5.82 Å². The van der Waals surface area contributed by atoms with E-state index in [1.807, 2.05) is 0 Å². The summed E-state index contributed by atoms with van der Waals surface area (Å²) in [6.07, 6.45) is 0. The molecule has 0 aliphatic carbocycles. The van der Waals surface area contributed by atoms with E-state index >= 15 is 0 Å². The van der Waals surface area contributed by atoms with Gasteiger partial charge in [-0.15, -0.1) is 0 Å². The molecule has 110 valence electrons. The Morgan fingerprint density at radius 1 is 1.29 bits per heavy atom. The van der Waals surface area contributed by atoms with Crippen LogP contribution < -0.4 is 4.74 Å². The summed E-state index contributed by atoms with van der Waals surface area (Å²) >= 11 is 9.25. The third kappa shape index (κ3) is 3.95. The van der Waals surface area contributed by atoms with Gasteiger partial charge in [0.05, 0.1) is 17.7 Å². The van der Waals surface area contributed by atoms with Crippen molar-refractivity contribution in [2.75, 3.05) is 7.11 Å². The minimum absolute atomic E-state index is 0.206. The molecule has 0 unspecified atom stereocenters. The number of benzene rings is 2. The summed E-state index contributed by atoms with van der Waals surface area (Å²) in [5.41, 5.74) is 1.26. The van der Waals surface area contributed by atoms with Gasteiger partial charge in [0, 0.05) is 10.0 Å². The van der Waals surface area contributed by atoms with Gasteiger partial charge >= 0.3 is 5.97 Å². The van der Waals surface area contributed by atoms with Crippen LogP contribution in [0.3, 0.4) is 0 Å². The van der Waals surface area contributed by atoms with Gasteiger partial charge in [-0.3, -0.25) is 0 Å². The number of carbonyl (C=O) groups excluding carboxylic acids is 1. The number of ether oxygens (including phenoxy) is 2. The van der Waals surface area contributed by atoms with Gasteiger partial charge in [-0.1, -0.05) is 33.6 Å². The van der Waals surface area contributed by atoms with Crippen LogP contribution in [0.2, 0.25) is 5.02 Å². The summed E-state index contributed by atoms with van der Waals surface area (Å²) in [6, 6.07) is 8.96. The summed E-state index contributed by atoms with van der Waals surface area (Å²) in [5, 5.41) is 0.206. The maximum Gasteiger partial charge on any atom is 0.337 e. The zero-order chi connectivity index (χ0) is 15.4. The van der Waals surface area contributed by atoms with Crippen LogP contribution in [-0.2, 0) is 11.3 Å². The molecular formula is C15H11BrClFO3. The first-order chi connectivity index (χ1) is 10.0. The lowest BCUT2D eigenvalue weighted by Crippen LogP contribution is -2.03. The molecule has 0 amide bonds. The van der Waals surface area contributed by atoms with Gasteiger partial charge in [-0.2, -0.15) is 0 Å². The first-order valence-electron chi connectivity index (χ1n) is 5.96. The fourth-order valence-corrected chi connectivity index (χ4v) is 2.37. The quantitative estimate of drug-likeness (QED) is 0.734. The minimum Gasteiger partial charge on any atom is -0.487 e. The largest absolute Gasteiger partial charge is 0.487 e. The van der Waals surface area contributed by atoms with E-state index in [1.54, 1.807) is 18.2 Å². The van der Waals surface area contributed by atoms with E-state index in [9.17, 15) is 9.18 Å². The van der Waals surface area contributed by atoms with Gasteiger partial charge in [0.1, 0.15) is 18.2 Å². The van der Waals surface area contributed by atoms with Crippen LogP contribution >= 0.6 is 27.5 Å². The number of esters is 1. The van der Waals surface area contributed by atoms with E-state index in [1.165, 1.54) is 25.3 Å². The van der Waals surface area contributed by atoms with Crippen molar-refractivity contribution in [2.24, 2.45) is 0 Å². The lowest BCUT2D eigenvalue weighted by Gasteiger charge is -2.10. The molecule has 2 aromatic carbocycles.